The Balaban J connectivity index is 3.09. The number of rotatable bonds is 12. The number of nitrogens with zero attached hydrogens (tertiary/aromatic N) is 1. The average Bonchev–Trinajstić information content (AvgIpc) is 2.39. The first-order valence-electron chi connectivity index (χ1n) is 7.02. The lowest BCUT2D eigenvalue weighted by Crippen LogP contribution is -2.05. The molecule has 0 amide bonds. The number of hydrogen-bond acceptors (Lipinski definition) is 4. The van der Waals surface area contributed by atoms with E-state index < -0.39 is 0 Å². The van der Waals surface area contributed by atoms with Crippen LogP contribution in [0.25, 0.3) is 0 Å². The highest BCUT2D eigenvalue weighted by molar-refractivity contribution is 8.03. The number of thioether (sulfide) groups is 1. The van der Waals surface area contributed by atoms with Gasteiger partial charge in [-0.3, -0.25) is 0 Å². The van der Waals surface area contributed by atoms with Gasteiger partial charge in [0.05, 0.1) is 6.61 Å². The van der Waals surface area contributed by atoms with Crippen LogP contribution in [0.15, 0.2) is 12.2 Å². The number of carbonyl (C=O) groups excluding carboxylic acids is 1. The highest BCUT2D eigenvalue weighted by Gasteiger charge is 2.01. The molecule has 0 aromatic heterocycles. The summed E-state index contributed by atoms with van der Waals surface area (Å²) in [4.78, 5) is 11.1. The van der Waals surface area contributed by atoms with E-state index in [1.807, 2.05) is 0 Å². The van der Waals surface area contributed by atoms with Crippen LogP contribution in [0.5, 0.6) is 0 Å². The van der Waals surface area contributed by atoms with Gasteiger partial charge in [-0.05, 0) is 31.5 Å². The minimum Gasteiger partial charge on any atom is -0.462 e. The molecule has 0 aliphatic carbocycles. The van der Waals surface area contributed by atoms with E-state index in [0.717, 1.165) is 25.0 Å². The summed E-state index contributed by atoms with van der Waals surface area (Å²) in [6.07, 6.45) is 9.42. The summed E-state index contributed by atoms with van der Waals surface area (Å²) in [5.41, 5.74) is 0.467. The fraction of sp³-hybridized carbons (Fsp3) is 0.733. The molecule has 19 heavy (non-hydrogen) atoms. The summed E-state index contributed by atoms with van der Waals surface area (Å²) < 4.78 is 5.02. The Morgan fingerprint density at radius 1 is 1.11 bits per heavy atom. The third-order valence-corrected chi connectivity index (χ3v) is 3.41. The standard InChI is InChI=1S/C15H25NO2S/c1-14(2)15(17)18-11-9-7-5-3-4-6-8-10-12-19-13-16/h1,3-12H2,2H3. The molecule has 0 aliphatic heterocycles. The van der Waals surface area contributed by atoms with E-state index in [9.17, 15) is 4.79 Å². The van der Waals surface area contributed by atoms with Crippen LogP contribution in [0.3, 0.4) is 0 Å². The van der Waals surface area contributed by atoms with Gasteiger partial charge in [0.15, 0.2) is 0 Å². The molecule has 0 aromatic carbocycles. The van der Waals surface area contributed by atoms with Gasteiger partial charge in [0.25, 0.3) is 0 Å². The zero-order valence-corrected chi connectivity index (χ0v) is 12.8. The highest BCUT2D eigenvalue weighted by Crippen LogP contribution is 2.10. The van der Waals surface area contributed by atoms with Gasteiger partial charge in [-0.25, -0.2) is 4.79 Å². The number of ether oxygens (including phenoxy) is 1. The van der Waals surface area contributed by atoms with Crippen molar-refractivity contribution in [3.8, 4) is 5.40 Å². The molecule has 0 radical (unpaired) electrons. The lowest BCUT2D eigenvalue weighted by atomic mass is 10.1. The number of esters is 1. The molecule has 0 bridgehead atoms. The quantitative estimate of drug-likeness (QED) is 0.230. The molecular weight excluding hydrogens is 258 g/mol. The minimum absolute atomic E-state index is 0.282. The van der Waals surface area contributed by atoms with Crippen LogP contribution in [-0.2, 0) is 9.53 Å². The second-order valence-corrected chi connectivity index (χ2v) is 5.56. The normalized spacial score (nSPS) is 9.89. The van der Waals surface area contributed by atoms with Crippen molar-refractivity contribution in [1.82, 2.24) is 0 Å². The van der Waals surface area contributed by atoms with E-state index in [2.05, 4.69) is 12.0 Å². The van der Waals surface area contributed by atoms with Crippen LogP contribution in [0.2, 0.25) is 0 Å². The molecule has 0 spiro atoms. The van der Waals surface area contributed by atoms with Crippen molar-refractivity contribution in [2.45, 2.75) is 58.3 Å². The van der Waals surface area contributed by atoms with Gasteiger partial charge in [-0.15, -0.1) is 0 Å². The summed E-state index contributed by atoms with van der Waals surface area (Å²) in [5, 5.41) is 10.4. The maximum absolute atomic E-state index is 11.1. The van der Waals surface area contributed by atoms with Crippen LogP contribution in [0.4, 0.5) is 0 Å². The Hall–Kier alpha value is -0.950. The molecule has 0 heterocycles. The van der Waals surface area contributed by atoms with Gasteiger partial charge in [-0.1, -0.05) is 45.1 Å². The lowest BCUT2D eigenvalue weighted by Gasteiger charge is -2.04. The summed E-state index contributed by atoms with van der Waals surface area (Å²) in [6.45, 7) is 5.71. The van der Waals surface area contributed by atoms with Gasteiger partial charge < -0.3 is 4.74 Å². The van der Waals surface area contributed by atoms with Crippen LogP contribution in [-0.4, -0.2) is 18.3 Å². The number of nitriles is 1. The molecule has 0 atom stereocenters. The fourth-order valence-corrected chi connectivity index (χ4v) is 2.11. The van der Waals surface area contributed by atoms with E-state index in [1.54, 1.807) is 6.92 Å². The van der Waals surface area contributed by atoms with Gasteiger partial charge in [0.1, 0.15) is 5.40 Å². The molecule has 108 valence electrons. The molecule has 0 saturated heterocycles. The molecule has 0 aliphatic rings. The summed E-state index contributed by atoms with van der Waals surface area (Å²) >= 11 is 1.35. The first-order valence-corrected chi connectivity index (χ1v) is 8.00. The summed E-state index contributed by atoms with van der Waals surface area (Å²) in [5.74, 6) is 0.681. The van der Waals surface area contributed by atoms with E-state index in [-0.39, 0.29) is 5.97 Å². The second-order valence-electron chi connectivity index (χ2n) is 4.68. The zero-order chi connectivity index (χ0) is 14.3. The van der Waals surface area contributed by atoms with E-state index in [1.165, 1.54) is 43.9 Å². The van der Waals surface area contributed by atoms with Crippen molar-refractivity contribution in [2.75, 3.05) is 12.4 Å². The number of unbranched alkanes of at least 4 members (excludes halogenated alkanes) is 7. The van der Waals surface area contributed by atoms with Gasteiger partial charge >= 0.3 is 5.97 Å². The molecule has 4 heteroatoms. The first-order chi connectivity index (χ1) is 9.18. The molecule has 0 fully saturated rings. The second kappa shape index (κ2) is 13.5. The van der Waals surface area contributed by atoms with Crippen LogP contribution < -0.4 is 0 Å². The number of hydrogen-bond donors (Lipinski definition) is 0. The third kappa shape index (κ3) is 13.3. The molecule has 3 nitrogen and oxygen atoms in total. The smallest absolute Gasteiger partial charge is 0.333 e. The van der Waals surface area contributed by atoms with Crippen molar-refractivity contribution < 1.29 is 9.53 Å². The van der Waals surface area contributed by atoms with E-state index in [0.29, 0.717) is 12.2 Å². The maximum Gasteiger partial charge on any atom is 0.333 e. The van der Waals surface area contributed by atoms with Crippen molar-refractivity contribution >= 4 is 17.7 Å². The number of thiocyanates is 1. The third-order valence-electron chi connectivity index (χ3n) is 2.79. The van der Waals surface area contributed by atoms with Gasteiger partial charge in [0.2, 0.25) is 0 Å². The fourth-order valence-electron chi connectivity index (χ4n) is 1.67. The largest absolute Gasteiger partial charge is 0.462 e. The first kappa shape index (κ1) is 18.0. The van der Waals surface area contributed by atoms with Gasteiger partial charge in [0, 0.05) is 11.3 Å². The Labute approximate surface area is 121 Å². The monoisotopic (exact) mass is 283 g/mol. The van der Waals surface area contributed by atoms with E-state index in [4.69, 9.17) is 10.00 Å². The molecule has 0 saturated carbocycles. The Morgan fingerprint density at radius 3 is 2.16 bits per heavy atom. The molecular formula is C15H25NO2S. The number of carbonyl (C=O) groups is 1. The SMILES string of the molecule is C=C(C)C(=O)OCCCCCCCCCCSC#N. The van der Waals surface area contributed by atoms with Gasteiger partial charge in [-0.2, -0.15) is 5.26 Å². The Bertz CT molecular complexity index is 297. The predicted molar refractivity (Wildman–Crippen MR) is 80.8 cm³/mol. The summed E-state index contributed by atoms with van der Waals surface area (Å²) in [6, 6.07) is 0. The summed E-state index contributed by atoms with van der Waals surface area (Å²) in [7, 11) is 0. The highest BCUT2D eigenvalue weighted by atomic mass is 32.2. The van der Waals surface area contributed by atoms with Crippen molar-refractivity contribution in [3.63, 3.8) is 0 Å². The Kier molecular flexibility index (Phi) is 12.8. The molecule has 0 N–H and O–H groups in total. The average molecular weight is 283 g/mol. The van der Waals surface area contributed by atoms with E-state index >= 15 is 0 Å². The van der Waals surface area contributed by atoms with Crippen molar-refractivity contribution in [2.24, 2.45) is 0 Å². The van der Waals surface area contributed by atoms with Crippen molar-refractivity contribution in [1.29, 1.82) is 5.26 Å². The van der Waals surface area contributed by atoms with Crippen molar-refractivity contribution in [3.05, 3.63) is 12.2 Å². The maximum atomic E-state index is 11.1. The van der Waals surface area contributed by atoms with Crippen LogP contribution in [0.1, 0.15) is 58.3 Å². The van der Waals surface area contributed by atoms with Crippen LogP contribution in [0, 0.1) is 10.7 Å². The predicted octanol–water partition coefficient (Wildman–Crippen LogP) is 4.44. The molecule has 0 aromatic rings. The molecule has 0 rings (SSSR count). The zero-order valence-electron chi connectivity index (χ0n) is 12.0. The Morgan fingerprint density at radius 2 is 1.63 bits per heavy atom. The molecule has 0 unspecified atom stereocenters. The topological polar surface area (TPSA) is 50.1 Å². The van der Waals surface area contributed by atoms with Crippen LogP contribution >= 0.6 is 11.8 Å². The minimum atomic E-state index is -0.282. The lowest BCUT2D eigenvalue weighted by molar-refractivity contribution is -0.139.